The molecule has 5 nitrogen and oxygen atoms in total. The number of hydrogen-bond donors (Lipinski definition) is 1. The number of nitrogens with one attached hydrogen (secondary N) is 1. The highest BCUT2D eigenvalue weighted by atomic mass is 19.5. The van der Waals surface area contributed by atoms with E-state index < -0.39 is 7.25 Å². The predicted octanol–water partition coefficient (Wildman–Crippen LogP) is 1.15. The van der Waals surface area contributed by atoms with Crippen LogP contribution in [0.1, 0.15) is 20.8 Å². The van der Waals surface area contributed by atoms with Crippen molar-refractivity contribution < 1.29 is 21.9 Å². The van der Waals surface area contributed by atoms with Crippen molar-refractivity contribution in [3.8, 4) is 0 Å². The van der Waals surface area contributed by atoms with Gasteiger partial charge in [-0.15, -0.1) is 4.68 Å². The van der Waals surface area contributed by atoms with Crippen molar-refractivity contribution >= 4 is 13.2 Å². The molecule has 0 aliphatic heterocycles. The monoisotopic (exact) mass is 257 g/mol. The first-order valence-electron chi connectivity index (χ1n) is 4.81. The zero-order valence-corrected chi connectivity index (χ0v) is 10.4. The molecule has 0 bridgehead atoms. The fourth-order valence-electron chi connectivity index (χ4n) is 0.911. The molecule has 1 N–H and O–H groups in total. The van der Waals surface area contributed by atoms with Gasteiger partial charge in [-0.2, -0.15) is 0 Å². The number of rotatable bonds is 1. The van der Waals surface area contributed by atoms with Gasteiger partial charge in [0.15, 0.2) is 0 Å². The molecule has 0 spiro atoms. The van der Waals surface area contributed by atoms with Crippen LogP contribution >= 0.6 is 0 Å². The van der Waals surface area contributed by atoms with Crippen LogP contribution in [0.3, 0.4) is 0 Å². The van der Waals surface area contributed by atoms with Crippen LogP contribution < -0.4 is 10.00 Å². The van der Waals surface area contributed by atoms with Crippen molar-refractivity contribution in [3.63, 3.8) is 0 Å². The number of aryl methyl sites for hydroxylation is 2. The van der Waals surface area contributed by atoms with Gasteiger partial charge in [0.25, 0.3) is 0 Å². The minimum absolute atomic E-state index is 0.0350. The van der Waals surface area contributed by atoms with E-state index in [9.17, 15) is 17.3 Å². The summed E-state index contributed by atoms with van der Waals surface area (Å²) in [5.41, 5.74) is 0.0350. The Kier molecular flexibility index (Phi) is 4.90. The van der Waals surface area contributed by atoms with Crippen LogP contribution in [0.15, 0.2) is 0 Å². The summed E-state index contributed by atoms with van der Waals surface area (Å²) in [6.07, 6.45) is 0. The predicted molar refractivity (Wildman–Crippen MR) is 55.7 cm³/mol. The molecule has 0 aromatic carbocycles. The van der Waals surface area contributed by atoms with Gasteiger partial charge in [0.1, 0.15) is 5.21 Å². The fourth-order valence-corrected chi connectivity index (χ4v) is 0.911. The van der Waals surface area contributed by atoms with E-state index >= 15 is 0 Å². The number of anilines is 1. The number of nitrogens with zero attached hydrogens (tertiary/aromatic N) is 4. The average molecular weight is 257 g/mol. The average Bonchev–Trinajstić information content (AvgIpc) is 2.30. The van der Waals surface area contributed by atoms with Crippen LogP contribution in [-0.2, 0) is 14.1 Å². The molecule has 0 saturated heterocycles. The highest BCUT2D eigenvalue weighted by Crippen LogP contribution is 2.07. The Labute approximate surface area is 96.9 Å². The summed E-state index contributed by atoms with van der Waals surface area (Å²) in [6.45, 7) is 6.29. The van der Waals surface area contributed by atoms with E-state index in [0.717, 1.165) is 5.95 Å². The number of tetrazole rings is 1. The van der Waals surface area contributed by atoms with E-state index in [1.165, 1.54) is 0 Å². The van der Waals surface area contributed by atoms with Gasteiger partial charge < -0.3 is 17.3 Å². The summed E-state index contributed by atoms with van der Waals surface area (Å²) >= 11 is 0. The van der Waals surface area contributed by atoms with Gasteiger partial charge >= 0.3 is 13.2 Å². The largest absolute Gasteiger partial charge is 0.673 e. The van der Waals surface area contributed by atoms with Crippen LogP contribution in [0.25, 0.3) is 0 Å². The first-order valence-corrected chi connectivity index (χ1v) is 4.81. The van der Waals surface area contributed by atoms with Crippen LogP contribution in [0, 0.1) is 0 Å². The van der Waals surface area contributed by atoms with E-state index in [2.05, 4.69) is 36.5 Å². The van der Waals surface area contributed by atoms with Gasteiger partial charge in [-0.05, 0) is 20.8 Å². The SMILES string of the molecule is Cn1nn[n+](C)c1NC(C)(C)C.F[B-](F)(F)F. The lowest BCUT2D eigenvalue weighted by atomic mass is 10.1. The van der Waals surface area contributed by atoms with Crippen LogP contribution in [0.4, 0.5) is 23.2 Å². The summed E-state index contributed by atoms with van der Waals surface area (Å²) < 4.78 is 42.4. The Morgan fingerprint density at radius 3 is 1.88 bits per heavy atom. The molecule has 0 atom stereocenters. The number of aromatic nitrogens is 4. The second-order valence-electron chi connectivity index (χ2n) is 4.42. The van der Waals surface area contributed by atoms with Crippen molar-refractivity contribution in [1.29, 1.82) is 0 Å². The molecule has 0 radical (unpaired) electrons. The normalized spacial score (nSPS) is 11.8. The molecule has 0 aliphatic rings. The first kappa shape index (κ1) is 15.7. The quantitative estimate of drug-likeness (QED) is 0.466. The van der Waals surface area contributed by atoms with Crippen molar-refractivity contribution in [3.05, 3.63) is 0 Å². The molecule has 0 unspecified atom stereocenters. The summed E-state index contributed by atoms with van der Waals surface area (Å²) in [7, 11) is -2.28. The van der Waals surface area contributed by atoms with Crippen LogP contribution in [0.5, 0.6) is 0 Å². The topological polar surface area (TPSA) is 46.6 Å². The van der Waals surface area contributed by atoms with Gasteiger partial charge in [-0.3, -0.25) is 5.32 Å². The lowest BCUT2D eigenvalue weighted by Crippen LogP contribution is -2.39. The third-order valence-electron chi connectivity index (χ3n) is 1.41. The van der Waals surface area contributed by atoms with Gasteiger partial charge in [0.05, 0.1) is 24.8 Å². The zero-order chi connectivity index (χ0) is 13.9. The van der Waals surface area contributed by atoms with Gasteiger partial charge in [-0.1, -0.05) is 4.68 Å². The highest BCUT2D eigenvalue weighted by Gasteiger charge is 2.21. The van der Waals surface area contributed by atoms with E-state index in [1.807, 2.05) is 14.1 Å². The molecule has 1 rings (SSSR count). The van der Waals surface area contributed by atoms with Gasteiger partial charge in [0.2, 0.25) is 0 Å². The van der Waals surface area contributed by atoms with E-state index in [4.69, 9.17) is 0 Å². The molecule has 0 amide bonds. The molecular weight excluding hydrogens is 241 g/mol. The van der Waals surface area contributed by atoms with Crippen molar-refractivity contribution in [2.75, 3.05) is 5.32 Å². The molecule has 0 fully saturated rings. The van der Waals surface area contributed by atoms with Crippen molar-refractivity contribution in [2.45, 2.75) is 26.3 Å². The molecule has 1 aromatic heterocycles. The molecule has 10 heteroatoms. The number of hydrogen-bond acceptors (Lipinski definition) is 3. The summed E-state index contributed by atoms with van der Waals surface area (Å²) in [4.78, 5) is 0. The third-order valence-corrected chi connectivity index (χ3v) is 1.41. The molecule has 17 heavy (non-hydrogen) atoms. The summed E-state index contributed by atoms with van der Waals surface area (Å²) in [5, 5.41) is 11.0. The van der Waals surface area contributed by atoms with E-state index in [-0.39, 0.29) is 5.54 Å². The minimum Gasteiger partial charge on any atom is -0.418 e. The smallest absolute Gasteiger partial charge is 0.418 e. The highest BCUT2D eigenvalue weighted by molar-refractivity contribution is 6.50. The van der Waals surface area contributed by atoms with Crippen molar-refractivity contribution in [1.82, 2.24) is 15.1 Å². The van der Waals surface area contributed by atoms with E-state index in [0.29, 0.717) is 0 Å². The van der Waals surface area contributed by atoms with Crippen LogP contribution in [-0.4, -0.2) is 27.9 Å². The van der Waals surface area contributed by atoms with Gasteiger partial charge in [-0.25, -0.2) is 0 Å². The molecular formula is C7H16BF4N5. The molecule has 0 saturated carbocycles. The molecule has 1 aromatic rings. The molecule has 1 heterocycles. The Hall–Kier alpha value is -1.35. The van der Waals surface area contributed by atoms with Crippen molar-refractivity contribution in [2.24, 2.45) is 14.1 Å². The first-order chi connectivity index (χ1) is 7.40. The maximum Gasteiger partial charge on any atom is 0.673 e. The summed E-state index contributed by atoms with van der Waals surface area (Å²) in [6, 6.07) is 0. The maximum absolute atomic E-state index is 9.75. The minimum atomic E-state index is -6.00. The molecule has 0 aliphatic carbocycles. The lowest BCUT2D eigenvalue weighted by Gasteiger charge is -2.16. The standard InChI is InChI=1S/C7H15N5.BF4/c1-7(2,3)8-6-11(4)9-10-12(6)5;2-1(3,4)5/h1-5H3;/q;-1/p+1. The second kappa shape index (κ2) is 5.32. The lowest BCUT2D eigenvalue weighted by molar-refractivity contribution is -0.718. The maximum atomic E-state index is 9.75. The Morgan fingerprint density at radius 2 is 1.65 bits per heavy atom. The third kappa shape index (κ3) is 8.46. The fraction of sp³-hybridized carbons (Fsp3) is 0.857. The Bertz CT molecular complexity index is 331. The summed E-state index contributed by atoms with van der Waals surface area (Å²) in [5.74, 6) is 0.905. The Morgan fingerprint density at radius 1 is 1.24 bits per heavy atom. The molecule has 100 valence electrons. The number of halogens is 4. The van der Waals surface area contributed by atoms with Crippen LogP contribution in [0.2, 0.25) is 0 Å². The van der Waals surface area contributed by atoms with Gasteiger partial charge in [0, 0.05) is 0 Å². The Balaban J connectivity index is 0.000000437. The second-order valence-corrected chi connectivity index (χ2v) is 4.42. The van der Waals surface area contributed by atoms with E-state index in [1.54, 1.807) is 9.36 Å². The zero-order valence-electron chi connectivity index (χ0n) is 10.4.